The normalized spacial score (nSPS) is 11.9. The molecule has 0 aliphatic heterocycles. The molecule has 5 nitrogen and oxygen atoms in total. The summed E-state index contributed by atoms with van der Waals surface area (Å²) in [5.41, 5.74) is 1.02. The standard InChI is InChI=1S/C18H28N2O3S/c1-6-7-12-20(24(22,23)15(2)3)17-10-8-9-16(14-17)18(21)11-13-19(4)5/h8-11,13-15H,6-7,12H2,1-5H3. The molecule has 0 aromatic heterocycles. The number of carbonyl (C=O) groups is 1. The summed E-state index contributed by atoms with van der Waals surface area (Å²) in [5, 5.41) is -0.512. The van der Waals surface area contributed by atoms with Crippen LogP contribution in [0.3, 0.4) is 0 Å². The van der Waals surface area contributed by atoms with Crippen molar-refractivity contribution in [2.24, 2.45) is 0 Å². The molecule has 0 aliphatic carbocycles. The van der Waals surface area contributed by atoms with Crippen molar-refractivity contribution in [2.75, 3.05) is 24.9 Å². The van der Waals surface area contributed by atoms with Gasteiger partial charge in [-0.3, -0.25) is 9.10 Å². The molecule has 0 amide bonds. The summed E-state index contributed by atoms with van der Waals surface area (Å²) in [6, 6.07) is 6.81. The molecule has 0 saturated carbocycles. The van der Waals surface area contributed by atoms with Gasteiger partial charge >= 0.3 is 0 Å². The summed E-state index contributed by atoms with van der Waals surface area (Å²) < 4.78 is 26.7. The molecule has 0 N–H and O–H groups in total. The molecule has 0 radical (unpaired) electrons. The first-order valence-corrected chi connectivity index (χ1v) is 9.71. The third kappa shape index (κ3) is 5.37. The molecule has 24 heavy (non-hydrogen) atoms. The predicted octanol–water partition coefficient (Wildman–Crippen LogP) is 3.29. The van der Waals surface area contributed by atoms with E-state index in [9.17, 15) is 13.2 Å². The van der Waals surface area contributed by atoms with Crippen LogP contribution in [0.4, 0.5) is 5.69 Å². The van der Waals surface area contributed by atoms with Crippen molar-refractivity contribution >= 4 is 21.5 Å². The molecule has 0 fully saturated rings. The monoisotopic (exact) mass is 352 g/mol. The van der Waals surface area contributed by atoms with Gasteiger partial charge in [-0.25, -0.2) is 8.42 Å². The second-order valence-corrected chi connectivity index (χ2v) is 8.63. The van der Waals surface area contributed by atoms with Crippen molar-refractivity contribution in [3.8, 4) is 0 Å². The van der Waals surface area contributed by atoms with Crippen molar-refractivity contribution in [3.63, 3.8) is 0 Å². The Labute approximate surface area is 146 Å². The Morgan fingerprint density at radius 2 is 1.92 bits per heavy atom. The number of rotatable bonds is 9. The molecular formula is C18H28N2O3S. The van der Waals surface area contributed by atoms with Crippen LogP contribution < -0.4 is 4.31 Å². The number of hydrogen-bond donors (Lipinski definition) is 0. The smallest absolute Gasteiger partial charge is 0.237 e. The van der Waals surface area contributed by atoms with Gasteiger partial charge in [0, 0.05) is 38.5 Å². The Hall–Kier alpha value is -1.82. The predicted molar refractivity (Wildman–Crippen MR) is 99.9 cm³/mol. The molecular weight excluding hydrogens is 324 g/mol. The maximum absolute atomic E-state index is 12.7. The third-order valence-corrected chi connectivity index (χ3v) is 5.76. The highest BCUT2D eigenvalue weighted by molar-refractivity contribution is 7.93. The zero-order valence-corrected chi connectivity index (χ0v) is 16.0. The van der Waals surface area contributed by atoms with Crippen LogP contribution in [0.5, 0.6) is 0 Å². The van der Waals surface area contributed by atoms with Gasteiger partial charge in [0.25, 0.3) is 0 Å². The summed E-state index contributed by atoms with van der Waals surface area (Å²) in [6.45, 7) is 5.78. The van der Waals surface area contributed by atoms with Gasteiger partial charge in [-0.05, 0) is 32.4 Å². The quantitative estimate of drug-likeness (QED) is 0.505. The molecule has 0 bridgehead atoms. The van der Waals surface area contributed by atoms with Gasteiger partial charge in [-0.2, -0.15) is 0 Å². The van der Waals surface area contributed by atoms with Gasteiger partial charge in [0.1, 0.15) is 0 Å². The molecule has 0 atom stereocenters. The largest absolute Gasteiger partial charge is 0.383 e. The topological polar surface area (TPSA) is 57.7 Å². The van der Waals surface area contributed by atoms with E-state index in [2.05, 4.69) is 0 Å². The third-order valence-electron chi connectivity index (χ3n) is 3.56. The average molecular weight is 353 g/mol. The minimum atomic E-state index is -3.44. The van der Waals surface area contributed by atoms with E-state index in [0.717, 1.165) is 12.8 Å². The lowest BCUT2D eigenvalue weighted by Crippen LogP contribution is -2.37. The molecule has 0 saturated heterocycles. The number of benzene rings is 1. The van der Waals surface area contributed by atoms with Crippen molar-refractivity contribution in [1.82, 2.24) is 4.90 Å². The summed E-state index contributed by atoms with van der Waals surface area (Å²) >= 11 is 0. The lowest BCUT2D eigenvalue weighted by Gasteiger charge is -2.26. The zero-order chi connectivity index (χ0) is 18.3. The van der Waals surface area contributed by atoms with Crippen LogP contribution in [0.25, 0.3) is 0 Å². The van der Waals surface area contributed by atoms with Crippen molar-refractivity contribution in [1.29, 1.82) is 0 Å². The number of anilines is 1. The summed E-state index contributed by atoms with van der Waals surface area (Å²) in [5.74, 6) is -0.150. The fourth-order valence-corrected chi connectivity index (χ4v) is 3.39. The highest BCUT2D eigenvalue weighted by atomic mass is 32.2. The summed E-state index contributed by atoms with van der Waals surface area (Å²) in [4.78, 5) is 14.0. The van der Waals surface area contributed by atoms with Gasteiger partial charge in [-0.1, -0.05) is 25.5 Å². The Morgan fingerprint density at radius 1 is 1.25 bits per heavy atom. The minimum Gasteiger partial charge on any atom is -0.383 e. The van der Waals surface area contributed by atoms with Crippen LogP contribution in [0.1, 0.15) is 44.0 Å². The lowest BCUT2D eigenvalue weighted by atomic mass is 10.1. The number of allylic oxidation sites excluding steroid dienone is 1. The molecule has 0 spiro atoms. The van der Waals surface area contributed by atoms with E-state index in [0.29, 0.717) is 17.8 Å². The molecule has 1 rings (SSSR count). The molecule has 134 valence electrons. The fraction of sp³-hybridized carbons (Fsp3) is 0.500. The molecule has 0 aliphatic rings. The Balaban J connectivity index is 3.21. The molecule has 1 aromatic rings. The number of sulfonamides is 1. The van der Waals surface area contributed by atoms with E-state index in [1.165, 1.54) is 10.4 Å². The summed E-state index contributed by atoms with van der Waals surface area (Å²) in [6.07, 6.45) is 4.82. The van der Waals surface area contributed by atoms with Gasteiger partial charge in [0.05, 0.1) is 10.9 Å². The zero-order valence-electron chi connectivity index (χ0n) is 15.2. The van der Waals surface area contributed by atoms with Crippen molar-refractivity contribution < 1.29 is 13.2 Å². The Kier molecular flexibility index (Phi) is 7.48. The first kappa shape index (κ1) is 20.2. The van der Waals surface area contributed by atoms with Crippen LogP contribution >= 0.6 is 0 Å². The minimum absolute atomic E-state index is 0.150. The highest BCUT2D eigenvalue weighted by Gasteiger charge is 2.26. The Morgan fingerprint density at radius 3 is 2.46 bits per heavy atom. The average Bonchev–Trinajstić information content (AvgIpc) is 2.52. The van der Waals surface area contributed by atoms with Crippen molar-refractivity contribution in [3.05, 3.63) is 42.1 Å². The summed E-state index contributed by atoms with van der Waals surface area (Å²) in [7, 11) is 0.234. The van der Waals surface area contributed by atoms with Crippen LogP contribution in [-0.4, -0.2) is 45.0 Å². The van der Waals surface area contributed by atoms with E-state index in [1.807, 2.05) is 21.0 Å². The first-order chi connectivity index (χ1) is 11.2. The van der Waals surface area contributed by atoms with Crippen LogP contribution in [-0.2, 0) is 10.0 Å². The van der Waals surface area contributed by atoms with E-state index in [1.54, 1.807) is 49.2 Å². The maximum atomic E-state index is 12.7. The van der Waals surface area contributed by atoms with Gasteiger partial charge in [0.15, 0.2) is 5.78 Å². The molecule has 0 heterocycles. The second kappa shape index (κ2) is 8.87. The van der Waals surface area contributed by atoms with E-state index < -0.39 is 15.3 Å². The van der Waals surface area contributed by atoms with E-state index in [4.69, 9.17) is 0 Å². The molecule has 1 aromatic carbocycles. The van der Waals surface area contributed by atoms with E-state index >= 15 is 0 Å². The molecule has 0 unspecified atom stereocenters. The van der Waals surface area contributed by atoms with Gasteiger partial charge in [-0.15, -0.1) is 0 Å². The Bertz CT molecular complexity index is 679. The first-order valence-electron chi connectivity index (χ1n) is 8.20. The highest BCUT2D eigenvalue weighted by Crippen LogP contribution is 2.23. The van der Waals surface area contributed by atoms with E-state index in [-0.39, 0.29) is 5.78 Å². The number of hydrogen-bond acceptors (Lipinski definition) is 4. The SMILES string of the molecule is CCCCN(c1cccc(C(=O)C=CN(C)C)c1)S(=O)(=O)C(C)C. The fourth-order valence-electron chi connectivity index (χ4n) is 2.09. The van der Waals surface area contributed by atoms with Crippen molar-refractivity contribution in [2.45, 2.75) is 38.9 Å². The van der Waals surface area contributed by atoms with Crippen LogP contribution in [0.2, 0.25) is 0 Å². The van der Waals surface area contributed by atoms with Crippen LogP contribution in [0, 0.1) is 0 Å². The lowest BCUT2D eigenvalue weighted by molar-refractivity contribution is 0.104. The number of carbonyl (C=O) groups excluding carboxylic acids is 1. The van der Waals surface area contributed by atoms with Crippen LogP contribution in [0.15, 0.2) is 36.5 Å². The number of ketones is 1. The number of unbranched alkanes of at least 4 members (excludes halogenated alkanes) is 1. The number of nitrogens with zero attached hydrogens (tertiary/aromatic N) is 2. The maximum Gasteiger partial charge on any atom is 0.237 e. The second-order valence-electron chi connectivity index (χ2n) is 6.21. The van der Waals surface area contributed by atoms with Gasteiger partial charge in [0.2, 0.25) is 10.0 Å². The van der Waals surface area contributed by atoms with Gasteiger partial charge < -0.3 is 4.90 Å². The molecule has 6 heteroatoms.